The van der Waals surface area contributed by atoms with Gasteiger partial charge in [-0.1, -0.05) is 6.92 Å². The molecule has 1 aromatic heterocycles. The molecule has 0 amide bonds. The fourth-order valence-electron chi connectivity index (χ4n) is 2.36. The van der Waals surface area contributed by atoms with Crippen molar-refractivity contribution in [2.75, 3.05) is 18.1 Å². The fourth-order valence-corrected chi connectivity index (χ4v) is 4.21. The van der Waals surface area contributed by atoms with Gasteiger partial charge in [0.25, 0.3) is 0 Å². The summed E-state index contributed by atoms with van der Waals surface area (Å²) in [5.41, 5.74) is 0. The van der Waals surface area contributed by atoms with Gasteiger partial charge in [0.2, 0.25) is 0 Å². The molecule has 0 aliphatic carbocycles. The number of nitrogens with one attached hydrogen (secondary N) is 1. The van der Waals surface area contributed by atoms with Gasteiger partial charge in [0.15, 0.2) is 15.7 Å². The molecule has 7 nitrogen and oxygen atoms in total. The first-order valence-corrected chi connectivity index (χ1v) is 8.54. The van der Waals surface area contributed by atoms with Crippen LogP contribution in [0.2, 0.25) is 0 Å². The topological polar surface area (TPSA) is 89.8 Å². The molecular weight excluding hydrogens is 266 g/mol. The molecule has 1 fully saturated rings. The minimum atomic E-state index is -2.84. The van der Waals surface area contributed by atoms with Crippen LogP contribution in [0.4, 0.5) is 0 Å². The van der Waals surface area contributed by atoms with Gasteiger partial charge in [-0.25, -0.2) is 13.1 Å². The summed E-state index contributed by atoms with van der Waals surface area (Å²) in [6.07, 6.45) is 1.76. The lowest BCUT2D eigenvalue weighted by atomic mass is 10.1. The molecule has 1 saturated heterocycles. The number of sulfone groups is 1. The molecule has 2 heterocycles. The van der Waals surface area contributed by atoms with E-state index in [0.29, 0.717) is 18.7 Å². The Morgan fingerprint density at radius 2 is 2.32 bits per heavy atom. The van der Waals surface area contributed by atoms with Crippen LogP contribution in [0.5, 0.6) is 0 Å². The molecule has 19 heavy (non-hydrogen) atoms. The minimum Gasteiger partial charge on any atom is -0.307 e. The molecule has 1 aliphatic rings. The number of aromatic nitrogens is 4. The standard InChI is InChI=1S/C11H21N5O2S/c1-3-5-12-9(2)11-13-14-15-16(11)7-10-4-6-19(17,18)8-10/h9-10,12H,3-8H2,1-2H3. The van der Waals surface area contributed by atoms with Crippen LogP contribution in [0.3, 0.4) is 0 Å². The molecular formula is C11H21N5O2S. The predicted octanol–water partition coefficient (Wildman–Crippen LogP) is 0.168. The first-order chi connectivity index (χ1) is 9.02. The van der Waals surface area contributed by atoms with Gasteiger partial charge in [-0.15, -0.1) is 5.10 Å². The van der Waals surface area contributed by atoms with Crippen LogP contribution in [0.1, 0.15) is 38.6 Å². The third-order valence-electron chi connectivity index (χ3n) is 3.41. The van der Waals surface area contributed by atoms with Crippen molar-refractivity contribution in [3.63, 3.8) is 0 Å². The van der Waals surface area contributed by atoms with Crippen molar-refractivity contribution in [2.24, 2.45) is 5.92 Å². The van der Waals surface area contributed by atoms with Crippen molar-refractivity contribution in [3.8, 4) is 0 Å². The van der Waals surface area contributed by atoms with Gasteiger partial charge >= 0.3 is 0 Å². The van der Waals surface area contributed by atoms with Gasteiger partial charge < -0.3 is 5.32 Å². The van der Waals surface area contributed by atoms with Crippen molar-refractivity contribution in [3.05, 3.63) is 5.82 Å². The summed E-state index contributed by atoms with van der Waals surface area (Å²) in [5.74, 6) is 1.45. The SMILES string of the molecule is CCCNC(C)c1nnnn1CC1CCS(=O)(=O)C1. The quantitative estimate of drug-likeness (QED) is 0.802. The second-order valence-corrected chi connectivity index (χ2v) is 7.39. The Morgan fingerprint density at radius 3 is 2.95 bits per heavy atom. The van der Waals surface area contributed by atoms with E-state index in [2.05, 4.69) is 27.8 Å². The largest absolute Gasteiger partial charge is 0.307 e. The zero-order valence-corrected chi connectivity index (χ0v) is 12.2. The van der Waals surface area contributed by atoms with E-state index in [1.165, 1.54) is 0 Å². The Hall–Kier alpha value is -1.02. The molecule has 0 spiro atoms. The Bertz CT molecular complexity index is 513. The first-order valence-electron chi connectivity index (χ1n) is 6.71. The maximum Gasteiger partial charge on any atom is 0.167 e. The highest BCUT2D eigenvalue weighted by molar-refractivity contribution is 7.91. The lowest BCUT2D eigenvalue weighted by Crippen LogP contribution is -2.25. The van der Waals surface area contributed by atoms with Gasteiger partial charge in [0.05, 0.1) is 17.5 Å². The summed E-state index contributed by atoms with van der Waals surface area (Å²) in [4.78, 5) is 0. The van der Waals surface area contributed by atoms with Gasteiger partial charge in [-0.05, 0) is 42.7 Å². The van der Waals surface area contributed by atoms with E-state index in [1.54, 1.807) is 4.68 Å². The monoisotopic (exact) mass is 287 g/mol. The molecule has 108 valence electrons. The fraction of sp³-hybridized carbons (Fsp3) is 0.909. The van der Waals surface area contributed by atoms with Gasteiger partial charge in [0, 0.05) is 6.54 Å². The van der Waals surface area contributed by atoms with Gasteiger partial charge in [-0.2, -0.15) is 0 Å². The van der Waals surface area contributed by atoms with Crippen LogP contribution in [-0.4, -0.2) is 46.7 Å². The molecule has 2 atom stereocenters. The average Bonchev–Trinajstić information content (AvgIpc) is 2.93. The van der Waals surface area contributed by atoms with Crippen molar-refractivity contribution >= 4 is 9.84 Å². The zero-order chi connectivity index (χ0) is 13.9. The molecule has 1 aromatic rings. The number of nitrogens with zero attached hydrogens (tertiary/aromatic N) is 4. The second kappa shape index (κ2) is 5.96. The third kappa shape index (κ3) is 3.73. The van der Waals surface area contributed by atoms with E-state index in [1.807, 2.05) is 6.92 Å². The summed E-state index contributed by atoms with van der Waals surface area (Å²) in [5, 5.41) is 15.1. The van der Waals surface area contributed by atoms with E-state index < -0.39 is 9.84 Å². The summed E-state index contributed by atoms with van der Waals surface area (Å²) < 4.78 is 24.6. The first kappa shape index (κ1) is 14.4. The van der Waals surface area contributed by atoms with Crippen LogP contribution >= 0.6 is 0 Å². The van der Waals surface area contributed by atoms with Crippen LogP contribution in [0, 0.1) is 5.92 Å². The highest BCUT2D eigenvalue weighted by Gasteiger charge is 2.29. The number of hydrogen-bond acceptors (Lipinski definition) is 6. The Balaban J connectivity index is 2.00. The van der Waals surface area contributed by atoms with E-state index in [9.17, 15) is 8.42 Å². The maximum atomic E-state index is 11.5. The molecule has 0 saturated carbocycles. The lowest BCUT2D eigenvalue weighted by molar-refractivity contribution is 0.415. The molecule has 1 aliphatic heterocycles. The molecule has 2 unspecified atom stereocenters. The molecule has 0 aromatic carbocycles. The van der Waals surface area contributed by atoms with Crippen molar-refractivity contribution in [1.29, 1.82) is 0 Å². The number of tetrazole rings is 1. The van der Waals surface area contributed by atoms with E-state index in [0.717, 1.165) is 18.8 Å². The van der Waals surface area contributed by atoms with Gasteiger partial charge in [-0.3, -0.25) is 0 Å². The summed E-state index contributed by atoms with van der Waals surface area (Å²) in [6.45, 7) is 5.61. The Labute approximate surface area is 113 Å². The number of rotatable bonds is 6. The third-order valence-corrected chi connectivity index (χ3v) is 5.24. The van der Waals surface area contributed by atoms with Crippen LogP contribution in [-0.2, 0) is 16.4 Å². The van der Waals surface area contributed by atoms with Gasteiger partial charge in [0.1, 0.15) is 0 Å². The summed E-state index contributed by atoms with van der Waals surface area (Å²) >= 11 is 0. The highest BCUT2D eigenvalue weighted by Crippen LogP contribution is 2.21. The van der Waals surface area contributed by atoms with E-state index in [-0.39, 0.29) is 17.7 Å². The summed E-state index contributed by atoms with van der Waals surface area (Å²) in [6, 6.07) is 0.0768. The van der Waals surface area contributed by atoms with Crippen LogP contribution in [0.25, 0.3) is 0 Å². The Kier molecular flexibility index (Phi) is 4.51. The maximum absolute atomic E-state index is 11.5. The second-order valence-electron chi connectivity index (χ2n) is 5.16. The Morgan fingerprint density at radius 1 is 1.53 bits per heavy atom. The zero-order valence-electron chi connectivity index (χ0n) is 11.4. The lowest BCUT2D eigenvalue weighted by Gasteiger charge is -2.14. The smallest absolute Gasteiger partial charge is 0.167 e. The summed E-state index contributed by atoms with van der Waals surface area (Å²) in [7, 11) is -2.84. The molecule has 8 heteroatoms. The highest BCUT2D eigenvalue weighted by atomic mass is 32.2. The predicted molar refractivity (Wildman–Crippen MR) is 71.3 cm³/mol. The number of hydrogen-bond donors (Lipinski definition) is 1. The normalized spacial score (nSPS) is 23.6. The molecule has 2 rings (SSSR count). The van der Waals surface area contributed by atoms with Crippen LogP contribution in [0.15, 0.2) is 0 Å². The van der Waals surface area contributed by atoms with Crippen molar-refractivity contribution < 1.29 is 8.42 Å². The molecule has 1 N–H and O–H groups in total. The minimum absolute atomic E-state index is 0.0768. The molecule has 0 bridgehead atoms. The molecule has 0 radical (unpaired) electrons. The van der Waals surface area contributed by atoms with Crippen molar-refractivity contribution in [1.82, 2.24) is 25.5 Å². The van der Waals surface area contributed by atoms with E-state index >= 15 is 0 Å². The van der Waals surface area contributed by atoms with Crippen molar-refractivity contribution in [2.45, 2.75) is 39.3 Å². The average molecular weight is 287 g/mol. The van der Waals surface area contributed by atoms with Crippen LogP contribution < -0.4 is 5.32 Å². The van der Waals surface area contributed by atoms with E-state index in [4.69, 9.17) is 0 Å².